The van der Waals surface area contributed by atoms with Gasteiger partial charge in [-0.3, -0.25) is 4.40 Å². The second-order valence-electron chi connectivity index (χ2n) is 7.07. The number of aromatic nitrogens is 3. The van der Waals surface area contributed by atoms with E-state index in [-0.39, 0.29) is 5.41 Å². The van der Waals surface area contributed by atoms with Crippen molar-refractivity contribution in [1.82, 2.24) is 25.2 Å². The number of para-hydroxylation sites is 1. The largest absolute Gasteiger partial charge is 0.496 e. The molecular formula is C21H26N6O. The molecular weight excluding hydrogens is 352 g/mol. The molecule has 28 heavy (non-hydrogen) atoms. The number of pyridine rings is 1. The molecule has 0 aliphatic heterocycles. The van der Waals surface area contributed by atoms with E-state index in [1.807, 2.05) is 40.9 Å². The Kier molecular flexibility index (Phi) is 5.14. The van der Waals surface area contributed by atoms with Gasteiger partial charge < -0.3 is 15.4 Å². The molecule has 0 radical (unpaired) electrons. The standard InChI is InChI=1S/C21H26N6O/c1-3-22-20(23-14-19-26-25-18-10-6-7-13-27(18)19)24-15-21(11-12-21)16-8-4-5-9-17(16)28-2/h4-10,13H,3,11-12,14-15H2,1-2H3,(H2,22,23,24). The lowest BCUT2D eigenvalue weighted by molar-refractivity contribution is 0.403. The molecule has 0 unspecified atom stereocenters. The van der Waals surface area contributed by atoms with Gasteiger partial charge in [0.05, 0.1) is 7.11 Å². The van der Waals surface area contributed by atoms with Crippen molar-refractivity contribution >= 4 is 11.6 Å². The van der Waals surface area contributed by atoms with Gasteiger partial charge in [-0.25, -0.2) is 4.99 Å². The average Bonchev–Trinajstić information content (AvgIpc) is 3.42. The number of nitrogens with zero attached hydrogens (tertiary/aromatic N) is 4. The highest BCUT2D eigenvalue weighted by molar-refractivity contribution is 5.80. The van der Waals surface area contributed by atoms with Gasteiger partial charge in [-0.1, -0.05) is 24.3 Å². The van der Waals surface area contributed by atoms with Crippen LogP contribution in [0.5, 0.6) is 5.75 Å². The van der Waals surface area contributed by atoms with Crippen LogP contribution in [0.3, 0.4) is 0 Å². The van der Waals surface area contributed by atoms with E-state index in [9.17, 15) is 0 Å². The van der Waals surface area contributed by atoms with Crippen LogP contribution < -0.4 is 15.4 Å². The second-order valence-corrected chi connectivity index (χ2v) is 7.07. The summed E-state index contributed by atoms with van der Waals surface area (Å²) >= 11 is 0. The van der Waals surface area contributed by atoms with Crippen molar-refractivity contribution in [3.05, 3.63) is 60.0 Å². The molecule has 7 nitrogen and oxygen atoms in total. The first-order valence-corrected chi connectivity index (χ1v) is 9.70. The third kappa shape index (κ3) is 3.65. The predicted octanol–water partition coefficient (Wildman–Crippen LogP) is 2.52. The van der Waals surface area contributed by atoms with Gasteiger partial charge >= 0.3 is 0 Å². The van der Waals surface area contributed by atoms with Gasteiger partial charge in [-0.05, 0) is 38.0 Å². The van der Waals surface area contributed by atoms with Crippen LogP contribution >= 0.6 is 0 Å². The molecule has 3 aromatic rings. The molecule has 0 amide bonds. The number of aliphatic imine (C=N–C) groups is 1. The molecule has 0 spiro atoms. The van der Waals surface area contributed by atoms with E-state index < -0.39 is 0 Å². The number of ether oxygens (including phenoxy) is 1. The number of nitrogens with one attached hydrogen (secondary N) is 2. The minimum Gasteiger partial charge on any atom is -0.496 e. The molecule has 1 aliphatic rings. The summed E-state index contributed by atoms with van der Waals surface area (Å²) in [6.07, 6.45) is 4.25. The zero-order valence-electron chi connectivity index (χ0n) is 16.4. The summed E-state index contributed by atoms with van der Waals surface area (Å²) in [4.78, 5) is 4.71. The Morgan fingerprint density at radius 2 is 1.96 bits per heavy atom. The predicted molar refractivity (Wildman–Crippen MR) is 110 cm³/mol. The molecule has 0 bridgehead atoms. The number of hydrogen-bond acceptors (Lipinski definition) is 4. The third-order valence-corrected chi connectivity index (χ3v) is 5.23. The first kappa shape index (κ1) is 18.3. The maximum absolute atomic E-state index is 5.57. The molecule has 2 heterocycles. The Morgan fingerprint density at radius 1 is 1.14 bits per heavy atom. The van der Waals surface area contributed by atoms with Crippen LogP contribution in [0, 0.1) is 0 Å². The summed E-state index contributed by atoms with van der Waals surface area (Å²) in [6.45, 7) is 4.15. The molecule has 1 aliphatic carbocycles. The summed E-state index contributed by atoms with van der Waals surface area (Å²) in [5.74, 6) is 2.56. The average molecular weight is 378 g/mol. The molecule has 146 valence electrons. The van der Waals surface area contributed by atoms with Crippen molar-refractivity contribution < 1.29 is 4.74 Å². The van der Waals surface area contributed by atoms with Crippen LogP contribution in [0.4, 0.5) is 0 Å². The highest BCUT2D eigenvalue weighted by Crippen LogP contribution is 2.50. The lowest BCUT2D eigenvalue weighted by atomic mass is 9.95. The summed E-state index contributed by atoms with van der Waals surface area (Å²) in [7, 11) is 1.73. The molecule has 2 aromatic heterocycles. The van der Waals surface area contributed by atoms with E-state index in [1.165, 1.54) is 5.56 Å². The minimum atomic E-state index is 0.115. The van der Waals surface area contributed by atoms with Crippen LogP contribution in [0.1, 0.15) is 31.2 Å². The number of benzene rings is 1. The van der Waals surface area contributed by atoms with Crippen LogP contribution in [-0.2, 0) is 12.0 Å². The molecule has 4 rings (SSSR count). The Morgan fingerprint density at radius 3 is 2.75 bits per heavy atom. The van der Waals surface area contributed by atoms with Crippen LogP contribution in [0.2, 0.25) is 0 Å². The SMILES string of the molecule is CCNC(=NCc1nnc2ccccn12)NCC1(c2ccccc2OC)CC1. The van der Waals surface area contributed by atoms with Gasteiger partial charge in [0.25, 0.3) is 0 Å². The normalized spacial score (nSPS) is 15.4. The maximum Gasteiger partial charge on any atom is 0.191 e. The number of methoxy groups -OCH3 is 1. The van der Waals surface area contributed by atoms with E-state index in [4.69, 9.17) is 9.73 Å². The number of guanidine groups is 1. The number of hydrogen-bond donors (Lipinski definition) is 2. The first-order chi connectivity index (χ1) is 13.8. The molecule has 7 heteroatoms. The van der Waals surface area contributed by atoms with E-state index >= 15 is 0 Å². The molecule has 0 saturated heterocycles. The van der Waals surface area contributed by atoms with Gasteiger partial charge in [0.15, 0.2) is 17.4 Å². The fourth-order valence-corrected chi connectivity index (χ4v) is 3.52. The minimum absolute atomic E-state index is 0.115. The number of fused-ring (bicyclic) bond motifs is 1. The van der Waals surface area contributed by atoms with Crippen molar-refractivity contribution in [2.24, 2.45) is 4.99 Å². The number of rotatable bonds is 7. The van der Waals surface area contributed by atoms with Crippen molar-refractivity contribution in [2.45, 2.75) is 31.7 Å². The summed E-state index contributed by atoms with van der Waals surface area (Å²) in [5.41, 5.74) is 2.22. The van der Waals surface area contributed by atoms with Gasteiger partial charge in [-0.15, -0.1) is 10.2 Å². The molecule has 1 fully saturated rings. The second kappa shape index (κ2) is 7.88. The van der Waals surface area contributed by atoms with Crippen LogP contribution in [-0.4, -0.2) is 40.8 Å². The van der Waals surface area contributed by atoms with Crippen molar-refractivity contribution in [2.75, 3.05) is 20.2 Å². The lowest BCUT2D eigenvalue weighted by Crippen LogP contribution is -2.41. The Balaban J connectivity index is 1.47. The van der Waals surface area contributed by atoms with Crippen molar-refractivity contribution in [1.29, 1.82) is 0 Å². The van der Waals surface area contributed by atoms with Crippen LogP contribution in [0.15, 0.2) is 53.7 Å². The van der Waals surface area contributed by atoms with E-state index in [1.54, 1.807) is 7.11 Å². The monoisotopic (exact) mass is 378 g/mol. The Hall–Kier alpha value is -3.09. The van der Waals surface area contributed by atoms with Gasteiger partial charge in [0.2, 0.25) is 0 Å². The summed E-state index contributed by atoms with van der Waals surface area (Å²) in [6, 6.07) is 14.2. The molecule has 2 N–H and O–H groups in total. The zero-order chi connectivity index (χ0) is 19.4. The van der Waals surface area contributed by atoms with E-state index in [0.717, 1.165) is 49.1 Å². The molecule has 0 atom stereocenters. The highest BCUT2D eigenvalue weighted by Gasteiger charge is 2.46. The highest BCUT2D eigenvalue weighted by atomic mass is 16.5. The Bertz CT molecular complexity index is 976. The fraction of sp³-hybridized carbons (Fsp3) is 0.381. The molecule has 1 saturated carbocycles. The van der Waals surface area contributed by atoms with Crippen LogP contribution in [0.25, 0.3) is 5.65 Å². The Labute approximate surface area is 164 Å². The maximum atomic E-state index is 5.57. The smallest absolute Gasteiger partial charge is 0.191 e. The molecule has 1 aromatic carbocycles. The zero-order valence-corrected chi connectivity index (χ0v) is 16.4. The van der Waals surface area contributed by atoms with Gasteiger partial charge in [-0.2, -0.15) is 0 Å². The van der Waals surface area contributed by atoms with Crippen molar-refractivity contribution in [3.8, 4) is 5.75 Å². The van der Waals surface area contributed by atoms with E-state index in [0.29, 0.717) is 6.54 Å². The fourth-order valence-electron chi connectivity index (χ4n) is 3.52. The topological polar surface area (TPSA) is 75.8 Å². The quantitative estimate of drug-likeness (QED) is 0.488. The van der Waals surface area contributed by atoms with Gasteiger partial charge in [0.1, 0.15) is 12.3 Å². The summed E-state index contributed by atoms with van der Waals surface area (Å²) < 4.78 is 7.53. The lowest BCUT2D eigenvalue weighted by Gasteiger charge is -2.21. The van der Waals surface area contributed by atoms with Gasteiger partial charge in [0, 0.05) is 30.3 Å². The first-order valence-electron chi connectivity index (χ1n) is 9.70. The van der Waals surface area contributed by atoms with E-state index in [2.05, 4.69) is 39.9 Å². The van der Waals surface area contributed by atoms with Crippen molar-refractivity contribution in [3.63, 3.8) is 0 Å². The summed E-state index contributed by atoms with van der Waals surface area (Å²) in [5, 5.41) is 15.3. The third-order valence-electron chi connectivity index (χ3n) is 5.23.